The van der Waals surface area contributed by atoms with Crippen molar-refractivity contribution in [1.29, 1.82) is 0 Å². The summed E-state index contributed by atoms with van der Waals surface area (Å²) in [7, 11) is 0. The summed E-state index contributed by atoms with van der Waals surface area (Å²) in [6.45, 7) is 4.91. The Morgan fingerprint density at radius 2 is 1.91 bits per heavy atom. The number of rotatable bonds is 5. The lowest BCUT2D eigenvalue weighted by Gasteiger charge is -2.32. The van der Waals surface area contributed by atoms with Gasteiger partial charge >= 0.3 is 0 Å². The van der Waals surface area contributed by atoms with E-state index in [1.807, 2.05) is 6.33 Å². The van der Waals surface area contributed by atoms with Crippen molar-refractivity contribution in [1.82, 2.24) is 19.7 Å². The summed E-state index contributed by atoms with van der Waals surface area (Å²) in [4.78, 5) is 14.5. The molecular weight excluding hydrogens is 276 g/mol. The van der Waals surface area contributed by atoms with Gasteiger partial charge in [0.15, 0.2) is 0 Å². The average Bonchev–Trinajstić information content (AvgIpc) is 3.19. The molecule has 1 aromatic heterocycles. The zero-order chi connectivity index (χ0) is 15.4. The molecule has 22 heavy (non-hydrogen) atoms. The Balaban J connectivity index is 1.44. The first kappa shape index (κ1) is 15.5. The number of aryl methyl sites for hydroxylation is 1. The number of carbonyl (C=O) groups is 1. The number of carbonyl (C=O) groups excluding carboxylic acids is 1. The van der Waals surface area contributed by atoms with Crippen LogP contribution in [0.4, 0.5) is 0 Å². The SMILES string of the molecule is CCn1cnnc1CC1CCN(C(=O)CC2CCCC2)CC1. The minimum absolute atomic E-state index is 0.391. The molecule has 1 saturated heterocycles. The van der Waals surface area contributed by atoms with Crippen molar-refractivity contribution in [3.05, 3.63) is 12.2 Å². The van der Waals surface area contributed by atoms with Crippen molar-refractivity contribution in [2.45, 2.75) is 64.8 Å². The minimum Gasteiger partial charge on any atom is -0.343 e. The van der Waals surface area contributed by atoms with Gasteiger partial charge in [0.25, 0.3) is 0 Å². The second kappa shape index (κ2) is 7.25. The maximum absolute atomic E-state index is 12.4. The highest BCUT2D eigenvalue weighted by molar-refractivity contribution is 5.76. The van der Waals surface area contributed by atoms with Gasteiger partial charge in [0, 0.05) is 32.5 Å². The summed E-state index contributed by atoms with van der Waals surface area (Å²) in [5.74, 6) is 2.79. The average molecular weight is 304 g/mol. The highest BCUT2D eigenvalue weighted by Crippen LogP contribution is 2.29. The third-order valence-corrected chi connectivity index (χ3v) is 5.41. The number of nitrogens with zero attached hydrogens (tertiary/aromatic N) is 4. The van der Waals surface area contributed by atoms with Gasteiger partial charge in [-0.2, -0.15) is 0 Å². The maximum atomic E-state index is 12.4. The number of aromatic nitrogens is 3. The van der Waals surface area contributed by atoms with Crippen molar-refractivity contribution in [3.8, 4) is 0 Å². The highest BCUT2D eigenvalue weighted by Gasteiger charge is 2.26. The largest absolute Gasteiger partial charge is 0.343 e. The lowest BCUT2D eigenvalue weighted by molar-refractivity contribution is -0.133. The van der Waals surface area contributed by atoms with E-state index in [2.05, 4.69) is 26.6 Å². The van der Waals surface area contributed by atoms with Gasteiger partial charge < -0.3 is 9.47 Å². The number of piperidine rings is 1. The Labute approximate surface area is 133 Å². The monoisotopic (exact) mass is 304 g/mol. The van der Waals surface area contributed by atoms with Gasteiger partial charge in [0.2, 0.25) is 5.91 Å². The minimum atomic E-state index is 0.391. The fraction of sp³-hybridized carbons (Fsp3) is 0.824. The highest BCUT2D eigenvalue weighted by atomic mass is 16.2. The van der Waals surface area contributed by atoms with Crippen LogP contribution in [0.15, 0.2) is 6.33 Å². The molecule has 122 valence electrons. The van der Waals surface area contributed by atoms with E-state index in [9.17, 15) is 4.79 Å². The Kier molecular flexibility index (Phi) is 5.11. The van der Waals surface area contributed by atoms with Gasteiger partial charge in [-0.15, -0.1) is 10.2 Å². The molecule has 1 amide bonds. The predicted molar refractivity (Wildman–Crippen MR) is 85.3 cm³/mol. The maximum Gasteiger partial charge on any atom is 0.222 e. The number of likely N-dealkylation sites (tertiary alicyclic amines) is 1. The Morgan fingerprint density at radius 3 is 2.59 bits per heavy atom. The summed E-state index contributed by atoms with van der Waals surface area (Å²) in [6.07, 6.45) is 11.0. The molecule has 0 spiro atoms. The molecule has 0 unspecified atom stereocenters. The molecule has 0 atom stereocenters. The van der Waals surface area contributed by atoms with E-state index >= 15 is 0 Å². The van der Waals surface area contributed by atoms with Crippen LogP contribution in [-0.4, -0.2) is 38.7 Å². The van der Waals surface area contributed by atoms with E-state index in [4.69, 9.17) is 0 Å². The van der Waals surface area contributed by atoms with E-state index in [0.717, 1.165) is 51.1 Å². The third kappa shape index (κ3) is 3.68. The summed E-state index contributed by atoms with van der Waals surface area (Å²) in [6, 6.07) is 0. The molecule has 2 fully saturated rings. The smallest absolute Gasteiger partial charge is 0.222 e. The van der Waals surface area contributed by atoms with E-state index < -0.39 is 0 Å². The first-order valence-electron chi connectivity index (χ1n) is 8.90. The molecule has 0 N–H and O–H groups in total. The predicted octanol–water partition coefficient (Wildman–Crippen LogP) is 2.66. The van der Waals surface area contributed by atoms with Crippen LogP contribution in [0.1, 0.15) is 57.7 Å². The van der Waals surface area contributed by atoms with Crippen LogP contribution < -0.4 is 0 Å². The van der Waals surface area contributed by atoms with E-state index in [0.29, 0.717) is 17.7 Å². The molecule has 2 heterocycles. The standard InChI is InChI=1S/C17H28N4O/c1-2-20-13-18-19-16(20)11-15-7-9-21(10-8-15)17(22)12-14-5-3-4-6-14/h13-15H,2-12H2,1H3. The van der Waals surface area contributed by atoms with Crippen molar-refractivity contribution in [3.63, 3.8) is 0 Å². The zero-order valence-corrected chi connectivity index (χ0v) is 13.7. The fourth-order valence-corrected chi connectivity index (χ4v) is 3.94. The summed E-state index contributed by atoms with van der Waals surface area (Å²) in [5, 5.41) is 8.24. The Hall–Kier alpha value is -1.39. The number of hydrogen-bond acceptors (Lipinski definition) is 3. The molecule has 1 aliphatic heterocycles. The molecule has 0 bridgehead atoms. The lowest BCUT2D eigenvalue weighted by atomic mass is 9.92. The van der Waals surface area contributed by atoms with E-state index in [-0.39, 0.29) is 0 Å². The van der Waals surface area contributed by atoms with Gasteiger partial charge in [0.1, 0.15) is 12.2 Å². The van der Waals surface area contributed by atoms with Crippen molar-refractivity contribution >= 4 is 5.91 Å². The summed E-state index contributed by atoms with van der Waals surface area (Å²) >= 11 is 0. The number of hydrogen-bond donors (Lipinski definition) is 0. The molecule has 2 aliphatic rings. The Bertz CT molecular complexity index is 485. The quantitative estimate of drug-likeness (QED) is 0.840. The van der Waals surface area contributed by atoms with Crippen LogP contribution >= 0.6 is 0 Å². The Morgan fingerprint density at radius 1 is 1.18 bits per heavy atom. The van der Waals surface area contributed by atoms with Crippen LogP contribution in [0.5, 0.6) is 0 Å². The van der Waals surface area contributed by atoms with Crippen LogP contribution in [0.3, 0.4) is 0 Å². The zero-order valence-electron chi connectivity index (χ0n) is 13.7. The second-order valence-corrected chi connectivity index (χ2v) is 6.92. The first-order valence-corrected chi connectivity index (χ1v) is 8.90. The summed E-state index contributed by atoms with van der Waals surface area (Å²) in [5.41, 5.74) is 0. The fourth-order valence-electron chi connectivity index (χ4n) is 3.94. The number of amides is 1. The van der Waals surface area contributed by atoms with E-state index in [1.165, 1.54) is 25.7 Å². The molecular formula is C17H28N4O. The van der Waals surface area contributed by atoms with Gasteiger partial charge in [0.05, 0.1) is 0 Å². The molecule has 1 aromatic rings. The van der Waals surface area contributed by atoms with E-state index in [1.54, 1.807) is 0 Å². The third-order valence-electron chi connectivity index (χ3n) is 5.41. The van der Waals surface area contributed by atoms with Crippen LogP contribution in [-0.2, 0) is 17.8 Å². The van der Waals surface area contributed by atoms with Gasteiger partial charge in [-0.3, -0.25) is 4.79 Å². The molecule has 1 aliphatic carbocycles. The van der Waals surface area contributed by atoms with Crippen LogP contribution in [0, 0.1) is 11.8 Å². The molecule has 5 nitrogen and oxygen atoms in total. The second-order valence-electron chi connectivity index (χ2n) is 6.92. The van der Waals surface area contributed by atoms with Crippen molar-refractivity contribution in [2.24, 2.45) is 11.8 Å². The van der Waals surface area contributed by atoms with Crippen molar-refractivity contribution in [2.75, 3.05) is 13.1 Å². The first-order chi connectivity index (χ1) is 10.8. The van der Waals surface area contributed by atoms with Gasteiger partial charge in [-0.1, -0.05) is 12.8 Å². The van der Waals surface area contributed by atoms with Crippen LogP contribution in [0.2, 0.25) is 0 Å². The normalized spacial score (nSPS) is 20.7. The van der Waals surface area contributed by atoms with Gasteiger partial charge in [-0.05, 0) is 44.4 Å². The molecule has 0 radical (unpaired) electrons. The lowest BCUT2D eigenvalue weighted by Crippen LogP contribution is -2.39. The summed E-state index contributed by atoms with van der Waals surface area (Å²) < 4.78 is 2.12. The van der Waals surface area contributed by atoms with Crippen LogP contribution in [0.25, 0.3) is 0 Å². The van der Waals surface area contributed by atoms with Crippen molar-refractivity contribution < 1.29 is 4.79 Å². The molecule has 3 rings (SSSR count). The molecule has 5 heteroatoms. The topological polar surface area (TPSA) is 51.0 Å². The molecule has 1 saturated carbocycles. The van der Waals surface area contributed by atoms with Gasteiger partial charge in [-0.25, -0.2) is 0 Å². The molecule has 0 aromatic carbocycles.